The predicted molar refractivity (Wildman–Crippen MR) is 98.2 cm³/mol. The Hall–Kier alpha value is -1.39. The van der Waals surface area contributed by atoms with Crippen molar-refractivity contribution in [2.24, 2.45) is 5.92 Å². The molecule has 1 aromatic rings. The Morgan fingerprint density at radius 3 is 2.42 bits per heavy atom. The molecule has 0 radical (unpaired) electrons. The van der Waals surface area contributed by atoms with Gasteiger partial charge in [-0.2, -0.15) is 0 Å². The lowest BCUT2D eigenvalue weighted by molar-refractivity contribution is -0.124. The van der Waals surface area contributed by atoms with Crippen LogP contribution in [0.3, 0.4) is 0 Å². The first-order chi connectivity index (χ1) is 11.6. The normalized spacial score (nSPS) is 16.5. The largest absolute Gasteiger partial charge is 0.375 e. The molecule has 1 aliphatic rings. The van der Waals surface area contributed by atoms with Crippen LogP contribution in [0, 0.1) is 5.92 Å². The van der Waals surface area contributed by atoms with E-state index in [-0.39, 0.29) is 12.5 Å². The van der Waals surface area contributed by atoms with E-state index in [1.807, 2.05) is 0 Å². The minimum absolute atomic E-state index is 0.0538. The number of hydrogen-bond acceptors (Lipinski definition) is 3. The molecule has 1 fully saturated rings. The van der Waals surface area contributed by atoms with Gasteiger partial charge < -0.3 is 15.0 Å². The van der Waals surface area contributed by atoms with Crippen LogP contribution in [0.2, 0.25) is 0 Å². The summed E-state index contributed by atoms with van der Waals surface area (Å²) in [7, 11) is 1.53. The van der Waals surface area contributed by atoms with Gasteiger partial charge in [-0.05, 0) is 69.7 Å². The third kappa shape index (κ3) is 6.25. The Kier molecular flexibility index (Phi) is 7.73. The van der Waals surface area contributed by atoms with Crippen molar-refractivity contribution in [3.05, 3.63) is 35.4 Å². The van der Waals surface area contributed by atoms with Crippen LogP contribution in [-0.4, -0.2) is 50.2 Å². The molecule has 1 saturated heterocycles. The Morgan fingerprint density at radius 2 is 1.83 bits per heavy atom. The number of hydrogen-bond donors (Lipinski definition) is 1. The van der Waals surface area contributed by atoms with Crippen LogP contribution in [-0.2, 0) is 22.4 Å². The Balaban J connectivity index is 1.71. The maximum atomic E-state index is 11.3. The summed E-state index contributed by atoms with van der Waals surface area (Å²) in [5.41, 5.74) is 2.70. The third-order valence-electron chi connectivity index (χ3n) is 4.94. The van der Waals surface area contributed by atoms with E-state index in [0.29, 0.717) is 12.6 Å². The fourth-order valence-corrected chi connectivity index (χ4v) is 3.38. The average Bonchev–Trinajstić information content (AvgIpc) is 2.57. The Bertz CT molecular complexity index is 491. The summed E-state index contributed by atoms with van der Waals surface area (Å²) in [4.78, 5) is 13.9. The minimum Gasteiger partial charge on any atom is -0.375 e. The molecule has 0 atom stereocenters. The SMILES string of the molecule is COCC(=O)NCCc1ccc(CC2CCN(C(C)C)CC2)cc1. The van der Waals surface area contributed by atoms with Crippen LogP contribution in [0.4, 0.5) is 0 Å². The monoisotopic (exact) mass is 332 g/mol. The van der Waals surface area contributed by atoms with E-state index in [1.54, 1.807) is 0 Å². The van der Waals surface area contributed by atoms with Gasteiger partial charge in [-0.1, -0.05) is 24.3 Å². The van der Waals surface area contributed by atoms with E-state index in [4.69, 9.17) is 4.74 Å². The molecule has 2 rings (SSSR count). The number of methoxy groups -OCH3 is 1. The second kappa shape index (κ2) is 9.80. The molecule has 0 unspecified atom stereocenters. The topological polar surface area (TPSA) is 41.6 Å². The summed E-state index contributed by atoms with van der Waals surface area (Å²) in [6, 6.07) is 9.57. The lowest BCUT2D eigenvalue weighted by Gasteiger charge is -2.34. The quantitative estimate of drug-likeness (QED) is 0.796. The number of carbonyl (C=O) groups is 1. The number of rotatable bonds is 8. The van der Waals surface area contributed by atoms with Crippen LogP contribution < -0.4 is 5.32 Å². The molecule has 1 amide bonds. The van der Waals surface area contributed by atoms with E-state index in [0.717, 1.165) is 12.3 Å². The van der Waals surface area contributed by atoms with Gasteiger partial charge in [-0.15, -0.1) is 0 Å². The number of likely N-dealkylation sites (tertiary alicyclic amines) is 1. The Labute approximate surface area is 146 Å². The molecule has 0 saturated carbocycles. The zero-order valence-corrected chi connectivity index (χ0v) is 15.4. The standard InChI is InChI=1S/C20H32N2O2/c1-16(2)22-12-9-19(10-13-22)14-18-6-4-17(5-7-18)8-11-21-20(23)15-24-3/h4-7,16,19H,8-15H2,1-3H3,(H,21,23). The van der Waals surface area contributed by atoms with Crippen molar-refractivity contribution in [3.8, 4) is 0 Å². The molecule has 0 spiro atoms. The minimum atomic E-state index is -0.0538. The van der Waals surface area contributed by atoms with Crippen molar-refractivity contribution in [1.29, 1.82) is 0 Å². The van der Waals surface area contributed by atoms with Crippen LogP contribution in [0.15, 0.2) is 24.3 Å². The van der Waals surface area contributed by atoms with Crippen LogP contribution in [0.1, 0.15) is 37.8 Å². The molecule has 0 aliphatic carbocycles. The van der Waals surface area contributed by atoms with Gasteiger partial charge in [0.25, 0.3) is 0 Å². The van der Waals surface area contributed by atoms with Gasteiger partial charge in [0.1, 0.15) is 6.61 Å². The van der Waals surface area contributed by atoms with Gasteiger partial charge >= 0.3 is 0 Å². The Morgan fingerprint density at radius 1 is 1.21 bits per heavy atom. The highest BCUT2D eigenvalue weighted by molar-refractivity contribution is 5.77. The molecule has 4 nitrogen and oxygen atoms in total. The average molecular weight is 332 g/mol. The van der Waals surface area contributed by atoms with Crippen molar-refractivity contribution < 1.29 is 9.53 Å². The summed E-state index contributed by atoms with van der Waals surface area (Å²) in [6.45, 7) is 7.85. The maximum absolute atomic E-state index is 11.3. The van der Waals surface area contributed by atoms with Gasteiger partial charge in [0.15, 0.2) is 0 Å². The van der Waals surface area contributed by atoms with Crippen molar-refractivity contribution in [3.63, 3.8) is 0 Å². The maximum Gasteiger partial charge on any atom is 0.245 e. The molecule has 1 aliphatic heterocycles. The summed E-state index contributed by atoms with van der Waals surface area (Å²) in [5, 5.41) is 2.86. The van der Waals surface area contributed by atoms with E-state index in [1.165, 1.54) is 50.6 Å². The zero-order valence-electron chi connectivity index (χ0n) is 15.4. The molecular weight excluding hydrogens is 300 g/mol. The van der Waals surface area contributed by atoms with Crippen molar-refractivity contribution in [2.45, 2.75) is 45.6 Å². The number of benzene rings is 1. The molecule has 0 aromatic heterocycles. The van der Waals surface area contributed by atoms with Crippen molar-refractivity contribution >= 4 is 5.91 Å². The summed E-state index contributed by atoms with van der Waals surface area (Å²) < 4.78 is 4.80. The second-order valence-electron chi connectivity index (χ2n) is 7.13. The van der Waals surface area contributed by atoms with Crippen LogP contribution in [0.5, 0.6) is 0 Å². The first kappa shape index (κ1) is 18.9. The van der Waals surface area contributed by atoms with Crippen LogP contribution >= 0.6 is 0 Å². The molecule has 24 heavy (non-hydrogen) atoms. The zero-order chi connectivity index (χ0) is 17.4. The highest BCUT2D eigenvalue weighted by Crippen LogP contribution is 2.23. The molecule has 134 valence electrons. The van der Waals surface area contributed by atoms with E-state index < -0.39 is 0 Å². The molecule has 4 heteroatoms. The second-order valence-corrected chi connectivity index (χ2v) is 7.13. The first-order valence-electron chi connectivity index (χ1n) is 9.16. The molecule has 1 heterocycles. The fourth-order valence-electron chi connectivity index (χ4n) is 3.38. The molecular formula is C20H32N2O2. The van der Waals surface area contributed by atoms with Gasteiger partial charge in [0.2, 0.25) is 5.91 Å². The smallest absolute Gasteiger partial charge is 0.245 e. The number of ether oxygens (including phenoxy) is 1. The number of piperidine rings is 1. The molecule has 1 aromatic carbocycles. The summed E-state index contributed by atoms with van der Waals surface area (Å²) in [5.74, 6) is 0.765. The van der Waals surface area contributed by atoms with Gasteiger partial charge in [0.05, 0.1) is 0 Å². The van der Waals surface area contributed by atoms with E-state index >= 15 is 0 Å². The summed E-state index contributed by atoms with van der Waals surface area (Å²) >= 11 is 0. The summed E-state index contributed by atoms with van der Waals surface area (Å²) in [6.07, 6.45) is 4.68. The molecule has 0 bridgehead atoms. The van der Waals surface area contributed by atoms with Crippen molar-refractivity contribution in [1.82, 2.24) is 10.2 Å². The third-order valence-corrected chi connectivity index (χ3v) is 4.94. The van der Waals surface area contributed by atoms with Gasteiger partial charge in [-0.3, -0.25) is 4.79 Å². The fraction of sp³-hybridized carbons (Fsp3) is 0.650. The lowest BCUT2D eigenvalue weighted by Crippen LogP contribution is -2.38. The number of amides is 1. The van der Waals surface area contributed by atoms with E-state index in [9.17, 15) is 4.79 Å². The van der Waals surface area contributed by atoms with Crippen molar-refractivity contribution in [2.75, 3.05) is 33.4 Å². The first-order valence-corrected chi connectivity index (χ1v) is 9.16. The number of carbonyl (C=O) groups excluding carboxylic acids is 1. The van der Waals surface area contributed by atoms with Crippen LogP contribution in [0.25, 0.3) is 0 Å². The van der Waals surface area contributed by atoms with E-state index in [2.05, 4.69) is 48.3 Å². The van der Waals surface area contributed by atoms with Gasteiger partial charge in [0, 0.05) is 19.7 Å². The highest BCUT2D eigenvalue weighted by atomic mass is 16.5. The number of nitrogens with zero attached hydrogens (tertiary/aromatic N) is 1. The number of nitrogens with one attached hydrogen (secondary N) is 1. The lowest BCUT2D eigenvalue weighted by atomic mass is 9.89. The predicted octanol–water partition coefficient (Wildman–Crippen LogP) is 2.65. The highest BCUT2D eigenvalue weighted by Gasteiger charge is 2.20. The van der Waals surface area contributed by atoms with Gasteiger partial charge in [-0.25, -0.2) is 0 Å². The molecule has 1 N–H and O–H groups in total.